The number of nitriles is 1. The van der Waals surface area contributed by atoms with Gasteiger partial charge in [0.1, 0.15) is 6.61 Å². The zero-order valence-electron chi connectivity index (χ0n) is 25.5. The normalized spacial score (nSPS) is 14.2. The number of carbonyl (C=O) groups is 1. The number of halogens is 1. The smallest absolute Gasteiger partial charge is 0.338 e. The Morgan fingerprint density at radius 2 is 1.74 bits per heavy atom. The van der Waals surface area contributed by atoms with Crippen LogP contribution in [0.3, 0.4) is 0 Å². The molecule has 8 nitrogen and oxygen atoms in total. The molecule has 47 heavy (non-hydrogen) atoms. The molecule has 0 bridgehead atoms. The van der Waals surface area contributed by atoms with Crippen LogP contribution in [0, 0.1) is 14.9 Å². The monoisotopic (exact) mass is 753 g/mol. The minimum absolute atomic E-state index is 0.182. The van der Waals surface area contributed by atoms with Crippen molar-refractivity contribution in [3.63, 3.8) is 0 Å². The highest BCUT2D eigenvalue weighted by atomic mass is 127. The predicted molar refractivity (Wildman–Crippen MR) is 189 cm³/mol. The summed E-state index contributed by atoms with van der Waals surface area (Å²) in [5.41, 5.74) is 4.06. The molecule has 0 unspecified atom stereocenters. The number of esters is 1. The second-order valence-corrected chi connectivity index (χ2v) is 12.6. The summed E-state index contributed by atoms with van der Waals surface area (Å²) in [4.78, 5) is 33.2. The molecule has 1 aliphatic rings. The highest BCUT2D eigenvalue weighted by Crippen LogP contribution is 2.36. The zero-order chi connectivity index (χ0) is 32.9. The highest BCUT2D eigenvalue weighted by Gasteiger charge is 2.35. The SMILES string of the molecule is CCOC(=O)C1=C(c2ccccc2)N=c2s/c(=C\c3cc(I)c(OCc4ccccc4C#N)c(OC)c3)c(=O)n2[C@H]1c1ccccc1. The van der Waals surface area contributed by atoms with Crippen molar-refractivity contribution in [2.75, 3.05) is 13.7 Å². The molecule has 4 aromatic carbocycles. The van der Waals surface area contributed by atoms with E-state index >= 15 is 0 Å². The van der Waals surface area contributed by atoms with Gasteiger partial charge in [-0.1, -0.05) is 90.2 Å². The number of benzene rings is 4. The Morgan fingerprint density at radius 1 is 1.04 bits per heavy atom. The Bertz CT molecular complexity index is 2220. The van der Waals surface area contributed by atoms with Crippen molar-refractivity contribution in [1.82, 2.24) is 4.57 Å². The topological polar surface area (TPSA) is 103 Å². The maximum Gasteiger partial charge on any atom is 0.338 e. The lowest BCUT2D eigenvalue weighted by atomic mass is 9.93. The first-order chi connectivity index (χ1) is 22.9. The van der Waals surface area contributed by atoms with Gasteiger partial charge in [0.25, 0.3) is 5.56 Å². The summed E-state index contributed by atoms with van der Waals surface area (Å²) in [5.74, 6) is 0.504. The third kappa shape index (κ3) is 6.50. The van der Waals surface area contributed by atoms with E-state index in [0.29, 0.717) is 37.7 Å². The molecule has 10 heteroatoms. The molecule has 0 aliphatic carbocycles. The van der Waals surface area contributed by atoms with E-state index in [0.717, 1.165) is 25.8 Å². The van der Waals surface area contributed by atoms with Gasteiger partial charge in [-0.2, -0.15) is 5.26 Å². The Labute approximate surface area is 288 Å². The summed E-state index contributed by atoms with van der Waals surface area (Å²) >= 11 is 3.43. The molecule has 0 radical (unpaired) electrons. The molecule has 234 valence electrons. The fourth-order valence-corrected chi connectivity index (χ4v) is 7.19. The van der Waals surface area contributed by atoms with Gasteiger partial charge in [-0.3, -0.25) is 9.36 Å². The number of fused-ring (bicyclic) bond motifs is 1. The van der Waals surface area contributed by atoms with E-state index in [1.807, 2.05) is 84.9 Å². The quantitative estimate of drug-likeness (QED) is 0.135. The fourth-order valence-electron chi connectivity index (χ4n) is 5.41. The molecule has 0 saturated carbocycles. The first-order valence-corrected chi connectivity index (χ1v) is 16.6. The van der Waals surface area contributed by atoms with E-state index in [-0.39, 0.29) is 18.8 Å². The van der Waals surface area contributed by atoms with Crippen LogP contribution < -0.4 is 24.4 Å². The fraction of sp³-hybridized carbons (Fsp3) is 0.135. The van der Waals surface area contributed by atoms with Crippen LogP contribution in [0.1, 0.15) is 40.8 Å². The van der Waals surface area contributed by atoms with Crippen molar-refractivity contribution in [2.24, 2.45) is 4.99 Å². The third-order valence-corrected chi connectivity index (χ3v) is 9.33. The summed E-state index contributed by atoms with van der Waals surface area (Å²) in [6.07, 6.45) is 1.79. The number of methoxy groups -OCH3 is 1. The molecule has 0 amide bonds. The average molecular weight is 754 g/mol. The standard InChI is InChI=1S/C37H28IN3O5S/c1-3-45-36(43)31-32(24-12-6-4-7-13-24)40-37-41(33(31)25-14-8-5-9-15-25)35(42)30(47-37)20-23-18-28(38)34(29(19-23)44-2)46-22-27-17-11-10-16-26(27)21-39/h4-20,33H,3,22H2,1-2H3/b30-20-/t33-/m0/s1. The van der Waals surface area contributed by atoms with Crippen LogP contribution in [0.15, 0.2) is 112 Å². The molecule has 0 saturated heterocycles. The Morgan fingerprint density at radius 3 is 2.45 bits per heavy atom. The van der Waals surface area contributed by atoms with Crippen molar-refractivity contribution < 1.29 is 19.0 Å². The third-order valence-electron chi connectivity index (χ3n) is 7.55. The minimum atomic E-state index is -0.745. The number of hydrogen-bond acceptors (Lipinski definition) is 8. The highest BCUT2D eigenvalue weighted by molar-refractivity contribution is 14.1. The molecule has 1 atom stereocenters. The first kappa shape index (κ1) is 32.0. The van der Waals surface area contributed by atoms with Crippen LogP contribution in [0.5, 0.6) is 11.5 Å². The van der Waals surface area contributed by atoms with Crippen molar-refractivity contribution in [1.29, 1.82) is 5.26 Å². The zero-order valence-corrected chi connectivity index (χ0v) is 28.4. The van der Waals surface area contributed by atoms with Crippen LogP contribution in [-0.4, -0.2) is 24.3 Å². The van der Waals surface area contributed by atoms with Gasteiger partial charge < -0.3 is 14.2 Å². The van der Waals surface area contributed by atoms with E-state index in [2.05, 4.69) is 28.7 Å². The summed E-state index contributed by atoms with van der Waals surface area (Å²) in [6.45, 7) is 2.13. The largest absolute Gasteiger partial charge is 0.493 e. The lowest BCUT2D eigenvalue weighted by Crippen LogP contribution is -2.40. The van der Waals surface area contributed by atoms with E-state index in [1.165, 1.54) is 11.3 Å². The summed E-state index contributed by atoms with van der Waals surface area (Å²) in [6, 6.07) is 31.4. The van der Waals surface area contributed by atoms with Gasteiger partial charge in [0.15, 0.2) is 16.3 Å². The number of hydrogen-bond donors (Lipinski definition) is 0. The summed E-state index contributed by atoms with van der Waals surface area (Å²) < 4.78 is 20.1. The molecular weight excluding hydrogens is 725 g/mol. The Balaban J connectivity index is 1.48. The summed E-state index contributed by atoms with van der Waals surface area (Å²) in [5, 5.41) is 9.46. The van der Waals surface area contributed by atoms with Crippen molar-refractivity contribution in [3.05, 3.63) is 154 Å². The number of carbonyl (C=O) groups excluding carboxylic acids is 1. The van der Waals surface area contributed by atoms with Gasteiger partial charge in [0.05, 0.1) is 50.8 Å². The van der Waals surface area contributed by atoms with Crippen LogP contribution in [0.25, 0.3) is 11.8 Å². The number of rotatable bonds is 9. The van der Waals surface area contributed by atoms with E-state index < -0.39 is 12.0 Å². The lowest BCUT2D eigenvalue weighted by molar-refractivity contribution is -0.138. The maximum atomic E-state index is 14.2. The molecule has 1 aliphatic heterocycles. The molecule has 2 heterocycles. The van der Waals surface area contributed by atoms with Crippen molar-refractivity contribution in [2.45, 2.75) is 19.6 Å². The second kappa shape index (κ2) is 14.2. The van der Waals surface area contributed by atoms with Gasteiger partial charge in [-0.05, 0) is 64.9 Å². The van der Waals surface area contributed by atoms with Crippen LogP contribution >= 0.6 is 33.9 Å². The molecular formula is C37H28IN3O5S. The maximum absolute atomic E-state index is 14.2. The van der Waals surface area contributed by atoms with Crippen LogP contribution in [0.2, 0.25) is 0 Å². The average Bonchev–Trinajstić information content (AvgIpc) is 3.41. The Hall–Kier alpha value is -4.99. The molecule has 6 rings (SSSR count). The Kier molecular flexibility index (Phi) is 9.65. The van der Waals surface area contributed by atoms with Crippen LogP contribution in [0.4, 0.5) is 0 Å². The number of nitrogens with zero attached hydrogens (tertiary/aromatic N) is 3. The van der Waals surface area contributed by atoms with Gasteiger partial charge in [0, 0.05) is 11.1 Å². The lowest BCUT2D eigenvalue weighted by Gasteiger charge is -2.25. The molecule has 5 aromatic rings. The van der Waals surface area contributed by atoms with Crippen LogP contribution in [-0.2, 0) is 16.1 Å². The van der Waals surface area contributed by atoms with Gasteiger partial charge >= 0.3 is 5.97 Å². The van der Waals surface area contributed by atoms with E-state index in [1.54, 1.807) is 36.8 Å². The van der Waals surface area contributed by atoms with Crippen molar-refractivity contribution in [3.8, 4) is 17.6 Å². The second-order valence-electron chi connectivity index (χ2n) is 10.4. The molecule has 0 N–H and O–H groups in total. The number of aromatic nitrogens is 1. The van der Waals surface area contributed by atoms with Gasteiger partial charge in [-0.25, -0.2) is 9.79 Å². The molecule has 0 spiro atoms. The first-order valence-electron chi connectivity index (χ1n) is 14.7. The van der Waals surface area contributed by atoms with Crippen molar-refractivity contribution >= 4 is 51.7 Å². The predicted octanol–water partition coefficient (Wildman–Crippen LogP) is 6.00. The number of ether oxygens (including phenoxy) is 3. The molecule has 0 fully saturated rings. The van der Waals surface area contributed by atoms with Gasteiger partial charge in [-0.15, -0.1) is 0 Å². The van der Waals surface area contributed by atoms with E-state index in [4.69, 9.17) is 19.2 Å². The van der Waals surface area contributed by atoms with Gasteiger partial charge in [0.2, 0.25) is 0 Å². The minimum Gasteiger partial charge on any atom is -0.493 e. The molecule has 1 aromatic heterocycles. The number of thiazole rings is 1. The van der Waals surface area contributed by atoms with E-state index in [9.17, 15) is 14.9 Å². The summed E-state index contributed by atoms with van der Waals surface area (Å²) in [7, 11) is 1.56.